The summed E-state index contributed by atoms with van der Waals surface area (Å²) in [5.41, 5.74) is 1.12. The molecule has 1 saturated heterocycles. The minimum Gasteiger partial charge on any atom is -0.368 e. The van der Waals surface area contributed by atoms with Gasteiger partial charge >= 0.3 is 0 Å². The molecular formula is C17H22N6O2. The number of hydrogen-bond donors (Lipinski definition) is 3. The molecule has 0 aliphatic carbocycles. The first-order valence-corrected chi connectivity index (χ1v) is 8.37. The Hall–Kier alpha value is -2.74. The van der Waals surface area contributed by atoms with E-state index in [4.69, 9.17) is 4.74 Å². The van der Waals surface area contributed by atoms with Crippen LogP contribution < -0.4 is 16.0 Å². The fraction of sp³-hybridized carbons (Fsp3) is 0.412. The minimum atomic E-state index is -0.291. The molecule has 8 heteroatoms. The van der Waals surface area contributed by atoms with Crippen molar-refractivity contribution in [3.63, 3.8) is 0 Å². The number of aromatic nitrogens is 3. The molecule has 1 aliphatic heterocycles. The van der Waals surface area contributed by atoms with Gasteiger partial charge in [-0.05, 0) is 49.6 Å². The van der Waals surface area contributed by atoms with Crippen LogP contribution in [0.2, 0.25) is 0 Å². The lowest BCUT2D eigenvalue weighted by molar-refractivity contribution is -0.129. The number of anilines is 3. The summed E-state index contributed by atoms with van der Waals surface area (Å²) in [6.07, 6.45) is 3.20. The Labute approximate surface area is 146 Å². The second-order valence-corrected chi connectivity index (χ2v) is 5.87. The standard InChI is InChI=1S/C17H22N6O2/c1-12-6-7-18-16(11-12)21-15-5-4-14(22-23-15)19-8-9-20-17(24)13-3-2-10-25-13/h4-7,11,13H,2-3,8-10H2,1H3,(H,19,22)(H,20,24)(H,18,21,23). The third kappa shape index (κ3) is 5.12. The average molecular weight is 342 g/mol. The van der Waals surface area contributed by atoms with Gasteiger partial charge in [-0.2, -0.15) is 0 Å². The van der Waals surface area contributed by atoms with E-state index in [2.05, 4.69) is 31.1 Å². The second kappa shape index (κ2) is 8.39. The van der Waals surface area contributed by atoms with Crippen molar-refractivity contribution >= 4 is 23.4 Å². The summed E-state index contributed by atoms with van der Waals surface area (Å²) in [4.78, 5) is 16.0. The number of amides is 1. The van der Waals surface area contributed by atoms with Crippen molar-refractivity contribution in [2.75, 3.05) is 30.3 Å². The van der Waals surface area contributed by atoms with Crippen molar-refractivity contribution in [1.82, 2.24) is 20.5 Å². The summed E-state index contributed by atoms with van der Waals surface area (Å²) >= 11 is 0. The molecule has 0 spiro atoms. The Morgan fingerprint density at radius 1 is 1.20 bits per heavy atom. The highest BCUT2D eigenvalue weighted by atomic mass is 16.5. The van der Waals surface area contributed by atoms with Gasteiger partial charge in [-0.15, -0.1) is 10.2 Å². The number of carbonyl (C=O) groups is 1. The van der Waals surface area contributed by atoms with Gasteiger partial charge in [0.2, 0.25) is 5.91 Å². The molecule has 25 heavy (non-hydrogen) atoms. The smallest absolute Gasteiger partial charge is 0.249 e. The highest BCUT2D eigenvalue weighted by Crippen LogP contribution is 2.13. The Morgan fingerprint density at radius 2 is 2.04 bits per heavy atom. The predicted octanol–water partition coefficient (Wildman–Crippen LogP) is 1.63. The molecule has 1 amide bonds. The van der Waals surface area contributed by atoms with Gasteiger partial charge in [-0.25, -0.2) is 4.98 Å². The Morgan fingerprint density at radius 3 is 2.76 bits per heavy atom. The summed E-state index contributed by atoms with van der Waals surface area (Å²) in [6, 6.07) is 7.52. The van der Waals surface area contributed by atoms with Gasteiger partial charge in [0.1, 0.15) is 17.7 Å². The molecule has 1 aliphatic rings. The van der Waals surface area contributed by atoms with Gasteiger partial charge in [0.15, 0.2) is 5.82 Å². The maximum atomic E-state index is 11.8. The number of nitrogens with one attached hydrogen (secondary N) is 3. The Balaban J connectivity index is 1.41. The van der Waals surface area contributed by atoms with E-state index in [0.717, 1.165) is 24.2 Å². The summed E-state index contributed by atoms with van der Waals surface area (Å²) in [5, 5.41) is 17.3. The molecule has 1 fully saturated rings. The second-order valence-electron chi connectivity index (χ2n) is 5.87. The van der Waals surface area contributed by atoms with E-state index < -0.39 is 0 Å². The fourth-order valence-corrected chi connectivity index (χ4v) is 2.50. The van der Waals surface area contributed by atoms with Crippen LogP contribution in [0.5, 0.6) is 0 Å². The molecule has 1 atom stereocenters. The van der Waals surface area contributed by atoms with Crippen molar-refractivity contribution in [1.29, 1.82) is 0 Å². The van der Waals surface area contributed by atoms with Crippen LogP contribution in [0.25, 0.3) is 0 Å². The molecule has 2 aromatic rings. The number of pyridine rings is 1. The van der Waals surface area contributed by atoms with Crippen LogP contribution in [0.3, 0.4) is 0 Å². The van der Waals surface area contributed by atoms with Crippen molar-refractivity contribution in [3.8, 4) is 0 Å². The van der Waals surface area contributed by atoms with E-state index in [0.29, 0.717) is 31.3 Å². The summed E-state index contributed by atoms with van der Waals surface area (Å²) < 4.78 is 5.33. The zero-order chi connectivity index (χ0) is 17.5. The first kappa shape index (κ1) is 17.1. The molecule has 0 bridgehead atoms. The van der Waals surface area contributed by atoms with Crippen LogP contribution in [0.1, 0.15) is 18.4 Å². The molecule has 0 saturated carbocycles. The van der Waals surface area contributed by atoms with E-state index >= 15 is 0 Å². The fourth-order valence-electron chi connectivity index (χ4n) is 2.50. The van der Waals surface area contributed by atoms with Crippen molar-refractivity contribution < 1.29 is 9.53 Å². The number of rotatable bonds is 7. The summed E-state index contributed by atoms with van der Waals surface area (Å²) in [5.74, 6) is 1.95. The van der Waals surface area contributed by atoms with Crippen molar-refractivity contribution in [3.05, 3.63) is 36.0 Å². The summed E-state index contributed by atoms with van der Waals surface area (Å²) in [6.45, 7) is 3.75. The molecular weight excluding hydrogens is 320 g/mol. The van der Waals surface area contributed by atoms with Crippen LogP contribution in [0.4, 0.5) is 17.5 Å². The summed E-state index contributed by atoms with van der Waals surface area (Å²) in [7, 11) is 0. The molecule has 0 radical (unpaired) electrons. The number of hydrogen-bond acceptors (Lipinski definition) is 7. The van der Waals surface area contributed by atoms with Crippen LogP contribution in [-0.2, 0) is 9.53 Å². The average Bonchev–Trinajstić information content (AvgIpc) is 3.15. The van der Waals surface area contributed by atoms with E-state index in [1.165, 1.54) is 0 Å². The predicted molar refractivity (Wildman–Crippen MR) is 94.8 cm³/mol. The van der Waals surface area contributed by atoms with Gasteiger partial charge in [-0.1, -0.05) is 0 Å². The lowest BCUT2D eigenvalue weighted by Gasteiger charge is -2.11. The third-order valence-corrected chi connectivity index (χ3v) is 3.79. The first-order chi connectivity index (χ1) is 12.2. The highest BCUT2D eigenvalue weighted by Gasteiger charge is 2.22. The van der Waals surface area contributed by atoms with Gasteiger partial charge in [0.05, 0.1) is 0 Å². The van der Waals surface area contributed by atoms with Crippen LogP contribution in [0.15, 0.2) is 30.5 Å². The Kier molecular flexibility index (Phi) is 5.73. The lowest BCUT2D eigenvalue weighted by Crippen LogP contribution is -2.36. The first-order valence-electron chi connectivity index (χ1n) is 8.37. The number of aryl methyl sites for hydroxylation is 1. The Bertz CT molecular complexity index is 701. The largest absolute Gasteiger partial charge is 0.368 e. The molecule has 8 nitrogen and oxygen atoms in total. The molecule has 3 N–H and O–H groups in total. The molecule has 1 unspecified atom stereocenters. The molecule has 132 valence electrons. The van der Waals surface area contributed by atoms with E-state index in [1.807, 2.05) is 31.2 Å². The van der Waals surface area contributed by atoms with Crippen molar-refractivity contribution in [2.24, 2.45) is 0 Å². The van der Waals surface area contributed by atoms with Crippen molar-refractivity contribution in [2.45, 2.75) is 25.9 Å². The van der Waals surface area contributed by atoms with Crippen LogP contribution in [0, 0.1) is 6.92 Å². The van der Waals surface area contributed by atoms with Gasteiger partial charge in [0, 0.05) is 25.9 Å². The van der Waals surface area contributed by atoms with Crippen LogP contribution >= 0.6 is 0 Å². The zero-order valence-corrected chi connectivity index (χ0v) is 14.2. The SMILES string of the molecule is Cc1ccnc(Nc2ccc(NCCNC(=O)C3CCCO3)nn2)c1. The van der Waals surface area contributed by atoms with Gasteiger partial charge in [-0.3, -0.25) is 4.79 Å². The van der Waals surface area contributed by atoms with E-state index in [-0.39, 0.29) is 12.0 Å². The third-order valence-electron chi connectivity index (χ3n) is 3.79. The topological polar surface area (TPSA) is 101 Å². The number of carbonyl (C=O) groups excluding carboxylic acids is 1. The van der Waals surface area contributed by atoms with Crippen LogP contribution in [-0.4, -0.2) is 46.9 Å². The molecule has 3 rings (SSSR count). The molecule has 2 aromatic heterocycles. The normalized spacial score (nSPS) is 16.4. The molecule has 0 aromatic carbocycles. The van der Waals surface area contributed by atoms with E-state index in [1.54, 1.807) is 6.20 Å². The number of ether oxygens (including phenoxy) is 1. The zero-order valence-electron chi connectivity index (χ0n) is 14.2. The number of nitrogens with zero attached hydrogens (tertiary/aromatic N) is 3. The van der Waals surface area contributed by atoms with Gasteiger partial charge < -0.3 is 20.7 Å². The monoisotopic (exact) mass is 342 g/mol. The molecule has 3 heterocycles. The van der Waals surface area contributed by atoms with E-state index in [9.17, 15) is 4.79 Å². The maximum absolute atomic E-state index is 11.8. The maximum Gasteiger partial charge on any atom is 0.249 e. The minimum absolute atomic E-state index is 0.0458. The highest BCUT2D eigenvalue weighted by molar-refractivity contribution is 5.80. The quantitative estimate of drug-likeness (QED) is 0.657. The van der Waals surface area contributed by atoms with Gasteiger partial charge in [0.25, 0.3) is 0 Å². The lowest BCUT2D eigenvalue weighted by atomic mass is 10.2.